The molecule has 0 saturated carbocycles. The molecule has 190 valence electrons. The van der Waals surface area contributed by atoms with E-state index in [-0.39, 0.29) is 19.2 Å². The second kappa shape index (κ2) is 9.88. The average molecular weight is 502 g/mol. The lowest BCUT2D eigenvalue weighted by molar-refractivity contribution is -0.143. The van der Waals surface area contributed by atoms with Crippen LogP contribution in [0.25, 0.3) is 0 Å². The molecule has 11 heteroatoms. The third-order valence-electron chi connectivity index (χ3n) is 5.86. The molecule has 0 unspecified atom stereocenters. The number of ether oxygens (including phenoxy) is 1. The lowest BCUT2D eigenvalue weighted by atomic mass is 9.81. The molecule has 1 heterocycles. The van der Waals surface area contributed by atoms with Crippen molar-refractivity contribution in [1.82, 2.24) is 10.2 Å². The smallest absolute Gasteiger partial charge is 0.378 e. The van der Waals surface area contributed by atoms with Gasteiger partial charge in [-0.05, 0) is 43.2 Å². The lowest BCUT2D eigenvalue weighted by Crippen LogP contribution is -2.50. The molecule has 2 aromatic rings. The van der Waals surface area contributed by atoms with Crippen LogP contribution in [0.5, 0.6) is 0 Å². The van der Waals surface area contributed by atoms with E-state index < -0.39 is 52.3 Å². The highest BCUT2D eigenvalue weighted by Crippen LogP contribution is 2.39. The van der Waals surface area contributed by atoms with Gasteiger partial charge < -0.3 is 15.0 Å². The minimum Gasteiger partial charge on any atom is -0.378 e. The van der Waals surface area contributed by atoms with Crippen LogP contribution in [0, 0.1) is 0 Å². The first kappa shape index (κ1) is 26.5. The number of nitrogens with one attached hydrogen (secondary N) is 1. The van der Waals surface area contributed by atoms with Gasteiger partial charge in [0.2, 0.25) is 11.8 Å². The molecule has 1 aliphatic heterocycles. The lowest BCUT2D eigenvalue weighted by Gasteiger charge is -2.33. The number of nitrogens with zero attached hydrogens (tertiary/aromatic N) is 1. The molecule has 0 spiro atoms. The molecule has 2 amide bonds. The summed E-state index contributed by atoms with van der Waals surface area (Å²) in [4.78, 5) is 28.0. The first-order valence-corrected chi connectivity index (χ1v) is 10.7. The van der Waals surface area contributed by atoms with E-state index in [1.165, 1.54) is 18.7 Å². The van der Waals surface area contributed by atoms with Crippen molar-refractivity contribution in [3.05, 3.63) is 70.8 Å². The van der Waals surface area contributed by atoms with Crippen LogP contribution in [0.15, 0.2) is 48.5 Å². The Morgan fingerprint density at radius 3 is 1.83 bits per heavy atom. The molecule has 5 nitrogen and oxygen atoms in total. The van der Waals surface area contributed by atoms with Gasteiger partial charge in [-0.2, -0.15) is 26.3 Å². The summed E-state index contributed by atoms with van der Waals surface area (Å²) in [7, 11) is 0. The second-order valence-corrected chi connectivity index (χ2v) is 8.67. The van der Waals surface area contributed by atoms with Crippen LogP contribution in [0.4, 0.5) is 26.3 Å². The van der Waals surface area contributed by atoms with Gasteiger partial charge in [-0.3, -0.25) is 9.59 Å². The highest BCUT2D eigenvalue weighted by Gasteiger charge is 2.41. The van der Waals surface area contributed by atoms with Crippen molar-refractivity contribution >= 4 is 11.8 Å². The Morgan fingerprint density at radius 2 is 1.34 bits per heavy atom. The molecule has 1 aliphatic rings. The minimum absolute atomic E-state index is 0.00616. The monoisotopic (exact) mass is 502 g/mol. The molecular formula is C24H24F6N2O3. The zero-order valence-electron chi connectivity index (χ0n) is 19.0. The van der Waals surface area contributed by atoms with Crippen LogP contribution in [0.3, 0.4) is 0 Å². The Bertz CT molecular complexity index is 1030. The minimum atomic E-state index is -5.05. The Labute approximate surface area is 198 Å². The summed E-state index contributed by atoms with van der Waals surface area (Å²) in [6.45, 7) is 3.58. The van der Waals surface area contributed by atoms with Crippen molar-refractivity contribution < 1.29 is 40.7 Å². The predicted molar refractivity (Wildman–Crippen MR) is 114 cm³/mol. The van der Waals surface area contributed by atoms with E-state index in [0.29, 0.717) is 30.9 Å². The summed E-state index contributed by atoms with van der Waals surface area (Å²) in [5.41, 5.74) is -4.94. The van der Waals surface area contributed by atoms with Gasteiger partial charge in [-0.25, -0.2) is 0 Å². The van der Waals surface area contributed by atoms with Gasteiger partial charge in [0.15, 0.2) is 0 Å². The highest BCUT2D eigenvalue weighted by molar-refractivity contribution is 5.93. The van der Waals surface area contributed by atoms with Crippen LogP contribution < -0.4 is 5.32 Å². The molecule has 1 saturated heterocycles. The summed E-state index contributed by atoms with van der Waals surface area (Å²) in [6, 6.07) is 8.06. The Hall–Kier alpha value is -3.08. The highest BCUT2D eigenvalue weighted by atomic mass is 19.4. The molecule has 35 heavy (non-hydrogen) atoms. The normalized spacial score (nSPS) is 16.1. The van der Waals surface area contributed by atoms with E-state index in [2.05, 4.69) is 5.32 Å². The van der Waals surface area contributed by atoms with Crippen molar-refractivity contribution in [2.75, 3.05) is 26.3 Å². The first-order valence-electron chi connectivity index (χ1n) is 10.7. The number of amides is 2. The Balaban J connectivity index is 1.98. The van der Waals surface area contributed by atoms with Crippen LogP contribution in [0.1, 0.15) is 42.1 Å². The molecule has 2 aromatic carbocycles. The molecule has 0 radical (unpaired) electrons. The number of halogens is 6. The van der Waals surface area contributed by atoms with E-state index in [1.54, 1.807) is 30.3 Å². The predicted octanol–water partition coefficient (Wildman–Crippen LogP) is 4.72. The van der Waals surface area contributed by atoms with Crippen LogP contribution >= 0.6 is 0 Å². The summed E-state index contributed by atoms with van der Waals surface area (Å²) >= 11 is 0. The molecular weight excluding hydrogens is 478 g/mol. The third-order valence-corrected chi connectivity index (χ3v) is 5.86. The van der Waals surface area contributed by atoms with E-state index in [9.17, 15) is 35.9 Å². The maximum atomic E-state index is 13.3. The largest absolute Gasteiger partial charge is 0.416 e. The van der Waals surface area contributed by atoms with Gasteiger partial charge in [0.1, 0.15) is 6.04 Å². The summed E-state index contributed by atoms with van der Waals surface area (Å²) in [5.74, 6) is -1.36. The number of alkyl halides is 6. The number of carbonyl (C=O) groups is 2. The maximum Gasteiger partial charge on any atom is 0.416 e. The molecule has 0 aliphatic carbocycles. The van der Waals surface area contributed by atoms with Gasteiger partial charge in [-0.15, -0.1) is 0 Å². The van der Waals surface area contributed by atoms with Crippen LogP contribution in [0.2, 0.25) is 0 Å². The second-order valence-electron chi connectivity index (χ2n) is 8.67. The SMILES string of the molecule is CC(C)(C(=O)N[C@H](C(=O)N1CCOCC1)c1ccccc1)c1cc(C(F)(F)F)cc(C(F)(F)F)c1. The fourth-order valence-electron chi connectivity index (χ4n) is 3.66. The van der Waals surface area contributed by atoms with Crippen molar-refractivity contribution in [2.24, 2.45) is 0 Å². The zero-order valence-corrected chi connectivity index (χ0v) is 19.0. The van der Waals surface area contributed by atoms with Crippen molar-refractivity contribution in [2.45, 2.75) is 37.7 Å². The molecule has 0 aromatic heterocycles. The number of benzene rings is 2. The van der Waals surface area contributed by atoms with Gasteiger partial charge in [0, 0.05) is 13.1 Å². The number of morpholine rings is 1. The zero-order chi connectivity index (χ0) is 26.0. The van der Waals surface area contributed by atoms with Crippen LogP contribution in [-0.2, 0) is 32.1 Å². The topological polar surface area (TPSA) is 58.6 Å². The van der Waals surface area contributed by atoms with E-state index in [1.807, 2.05) is 0 Å². The van der Waals surface area contributed by atoms with Crippen molar-refractivity contribution in [3.63, 3.8) is 0 Å². The summed E-state index contributed by atoms with van der Waals surface area (Å²) in [5, 5.41) is 2.55. The Morgan fingerprint density at radius 1 is 0.857 bits per heavy atom. The third kappa shape index (κ3) is 6.14. The number of hydrogen-bond acceptors (Lipinski definition) is 3. The molecule has 0 bridgehead atoms. The van der Waals surface area contributed by atoms with Gasteiger partial charge in [0.05, 0.1) is 29.8 Å². The van der Waals surface area contributed by atoms with Gasteiger partial charge in [0.25, 0.3) is 0 Å². The van der Waals surface area contributed by atoms with Crippen LogP contribution in [-0.4, -0.2) is 43.0 Å². The van der Waals surface area contributed by atoms with E-state index in [4.69, 9.17) is 4.74 Å². The molecule has 1 N–H and O–H groups in total. The van der Waals surface area contributed by atoms with E-state index >= 15 is 0 Å². The first-order chi connectivity index (χ1) is 16.2. The number of carbonyl (C=O) groups excluding carboxylic acids is 2. The molecule has 1 fully saturated rings. The number of rotatable bonds is 5. The Kier molecular flexibility index (Phi) is 7.49. The molecule has 1 atom stereocenters. The summed E-state index contributed by atoms with van der Waals surface area (Å²) in [6.07, 6.45) is -10.1. The summed E-state index contributed by atoms with van der Waals surface area (Å²) < 4.78 is 85.3. The van der Waals surface area contributed by atoms with E-state index in [0.717, 1.165) is 0 Å². The van der Waals surface area contributed by atoms with Gasteiger partial charge >= 0.3 is 12.4 Å². The maximum absolute atomic E-state index is 13.3. The standard InChI is InChI=1S/C24H24F6N2O3/c1-22(2,16-12-17(23(25,26)27)14-18(13-16)24(28,29)30)21(34)31-19(15-6-4-3-5-7-15)20(33)32-8-10-35-11-9-32/h3-7,12-14,19H,8-11H2,1-2H3,(H,31,34)/t19-/m0/s1. The van der Waals surface area contributed by atoms with Gasteiger partial charge in [-0.1, -0.05) is 30.3 Å². The number of hydrogen-bond donors (Lipinski definition) is 1. The average Bonchev–Trinajstić information content (AvgIpc) is 2.81. The fraction of sp³-hybridized carbons (Fsp3) is 0.417. The van der Waals surface area contributed by atoms with Crippen molar-refractivity contribution in [1.29, 1.82) is 0 Å². The quantitative estimate of drug-likeness (QED) is 0.603. The van der Waals surface area contributed by atoms with Crippen molar-refractivity contribution in [3.8, 4) is 0 Å². The molecule has 3 rings (SSSR count). The fourth-order valence-corrected chi connectivity index (χ4v) is 3.66.